The molecule has 4 rings (SSSR count). The van der Waals surface area contributed by atoms with E-state index in [9.17, 15) is 18.8 Å². The third-order valence-electron chi connectivity index (χ3n) is 6.18. The number of pyridine rings is 1. The first-order valence-corrected chi connectivity index (χ1v) is 12.6. The van der Waals surface area contributed by atoms with Crippen LogP contribution in [0.15, 0.2) is 72.2 Å². The minimum atomic E-state index is -0.711. The molecule has 10 heteroatoms. The number of hydrogen-bond acceptors (Lipinski definition) is 6. The number of benzene rings is 2. The van der Waals surface area contributed by atoms with Crippen molar-refractivity contribution in [1.82, 2.24) is 14.9 Å². The monoisotopic (exact) mass is 534 g/mol. The maximum atomic E-state index is 13.8. The normalized spacial score (nSPS) is 12.5. The molecule has 0 saturated heterocycles. The topological polar surface area (TPSA) is 102 Å². The van der Waals surface area contributed by atoms with Gasteiger partial charge in [0.15, 0.2) is 11.4 Å². The number of ether oxygens (including phenoxy) is 2. The van der Waals surface area contributed by atoms with E-state index in [2.05, 4.69) is 17.3 Å². The molecule has 3 aromatic rings. The van der Waals surface area contributed by atoms with Gasteiger partial charge in [0.2, 0.25) is 5.43 Å². The van der Waals surface area contributed by atoms with Crippen LogP contribution in [0.4, 0.5) is 4.39 Å². The van der Waals surface area contributed by atoms with Crippen LogP contribution < -0.4 is 25.6 Å². The van der Waals surface area contributed by atoms with Gasteiger partial charge >= 0.3 is 0 Å². The van der Waals surface area contributed by atoms with Crippen molar-refractivity contribution in [3.63, 3.8) is 0 Å². The van der Waals surface area contributed by atoms with Crippen LogP contribution in [0.1, 0.15) is 52.2 Å². The molecule has 0 bridgehead atoms. The van der Waals surface area contributed by atoms with Gasteiger partial charge in [-0.05, 0) is 31.9 Å². The Morgan fingerprint density at radius 3 is 2.67 bits per heavy atom. The van der Waals surface area contributed by atoms with Crippen LogP contribution in [0, 0.1) is 5.82 Å². The highest BCUT2D eigenvalue weighted by Gasteiger charge is 2.33. The number of aromatic nitrogens is 1. The van der Waals surface area contributed by atoms with Gasteiger partial charge in [0.1, 0.15) is 30.4 Å². The van der Waals surface area contributed by atoms with Gasteiger partial charge in [-0.25, -0.2) is 4.39 Å². The Balaban J connectivity index is 1.63. The molecule has 0 fully saturated rings. The van der Waals surface area contributed by atoms with E-state index in [0.717, 1.165) is 5.56 Å². The van der Waals surface area contributed by atoms with Crippen molar-refractivity contribution in [3.8, 4) is 11.5 Å². The molecular weight excluding hydrogens is 503 g/mol. The molecule has 204 valence electrons. The Kier molecular flexibility index (Phi) is 8.65. The van der Waals surface area contributed by atoms with E-state index >= 15 is 0 Å². The van der Waals surface area contributed by atoms with E-state index in [1.165, 1.54) is 29.1 Å². The number of nitrogens with zero attached hydrogens (tertiary/aromatic N) is 2. The number of fused-ring (bicyclic) bond motifs is 1. The molecule has 1 aromatic heterocycles. The maximum Gasteiger partial charge on any atom is 0.278 e. The Labute approximate surface area is 225 Å². The number of hydrogen-bond donors (Lipinski definition) is 2. The predicted octanol–water partition coefficient (Wildman–Crippen LogP) is 3.82. The van der Waals surface area contributed by atoms with E-state index in [1.54, 1.807) is 11.0 Å². The van der Waals surface area contributed by atoms with Crippen molar-refractivity contribution < 1.29 is 23.5 Å². The number of carbonyl (C=O) groups excluding carboxylic acids is 2. The van der Waals surface area contributed by atoms with Crippen LogP contribution in [0.5, 0.6) is 11.5 Å². The van der Waals surface area contributed by atoms with Crippen molar-refractivity contribution in [2.24, 2.45) is 0 Å². The molecule has 39 heavy (non-hydrogen) atoms. The van der Waals surface area contributed by atoms with Crippen LogP contribution in [0.3, 0.4) is 0 Å². The lowest BCUT2D eigenvalue weighted by atomic mass is 10.1. The molecule has 0 saturated carbocycles. The van der Waals surface area contributed by atoms with E-state index in [1.807, 2.05) is 44.2 Å². The molecule has 0 aliphatic carbocycles. The maximum absolute atomic E-state index is 13.8. The average molecular weight is 535 g/mol. The van der Waals surface area contributed by atoms with Gasteiger partial charge in [-0.3, -0.25) is 19.1 Å². The highest BCUT2D eigenvalue weighted by molar-refractivity contribution is 5.99. The van der Waals surface area contributed by atoms with Crippen molar-refractivity contribution in [2.75, 3.05) is 18.7 Å². The van der Waals surface area contributed by atoms with Crippen LogP contribution in [0.2, 0.25) is 0 Å². The van der Waals surface area contributed by atoms with E-state index in [4.69, 9.17) is 9.47 Å². The summed E-state index contributed by atoms with van der Waals surface area (Å²) in [7, 11) is 0. The fourth-order valence-electron chi connectivity index (χ4n) is 4.05. The highest BCUT2D eigenvalue weighted by atomic mass is 19.1. The zero-order valence-corrected chi connectivity index (χ0v) is 21.9. The zero-order valence-electron chi connectivity index (χ0n) is 21.9. The Morgan fingerprint density at radius 2 is 1.95 bits per heavy atom. The summed E-state index contributed by atoms with van der Waals surface area (Å²) in [5.41, 5.74) is 3.48. The van der Waals surface area contributed by atoms with Gasteiger partial charge in [-0.15, -0.1) is 6.58 Å². The molecule has 0 spiro atoms. The molecule has 2 heterocycles. The summed E-state index contributed by atoms with van der Waals surface area (Å²) >= 11 is 0. The minimum absolute atomic E-state index is 0.0164. The molecule has 2 N–H and O–H groups in total. The summed E-state index contributed by atoms with van der Waals surface area (Å²) in [6, 6.07) is 13.1. The first kappa shape index (κ1) is 27.4. The van der Waals surface area contributed by atoms with Gasteiger partial charge in [0.05, 0.1) is 6.61 Å². The van der Waals surface area contributed by atoms with E-state index in [-0.39, 0.29) is 54.5 Å². The predicted molar refractivity (Wildman–Crippen MR) is 145 cm³/mol. The first-order chi connectivity index (χ1) is 18.8. The van der Waals surface area contributed by atoms with Gasteiger partial charge in [0.25, 0.3) is 11.8 Å². The molecule has 9 nitrogen and oxygen atoms in total. The zero-order chi connectivity index (χ0) is 27.9. The SMILES string of the molecule is C=CCCOc1cc(F)ccc1CNC(=O)c1cn2c(c(OCc3ccccc3)c1=O)C(=O)N(C(C)C)CN2. The van der Waals surface area contributed by atoms with Crippen molar-refractivity contribution in [1.29, 1.82) is 0 Å². The summed E-state index contributed by atoms with van der Waals surface area (Å²) in [6.45, 7) is 7.87. The fourth-order valence-corrected chi connectivity index (χ4v) is 4.05. The van der Waals surface area contributed by atoms with Gasteiger partial charge in [-0.2, -0.15) is 0 Å². The fraction of sp³-hybridized carbons (Fsp3) is 0.276. The van der Waals surface area contributed by atoms with Crippen LogP contribution in [0.25, 0.3) is 0 Å². The molecule has 0 atom stereocenters. The molecule has 0 radical (unpaired) electrons. The van der Waals surface area contributed by atoms with Gasteiger partial charge in [0, 0.05) is 30.4 Å². The lowest BCUT2D eigenvalue weighted by Gasteiger charge is -2.34. The molecule has 0 unspecified atom stereocenters. The van der Waals surface area contributed by atoms with Crippen LogP contribution in [-0.4, -0.2) is 40.7 Å². The number of amides is 2. The summed E-state index contributed by atoms with van der Waals surface area (Å²) in [5, 5.41) is 2.70. The third-order valence-corrected chi connectivity index (χ3v) is 6.18. The first-order valence-electron chi connectivity index (χ1n) is 12.6. The number of halogens is 1. The second-order valence-electron chi connectivity index (χ2n) is 9.24. The second kappa shape index (κ2) is 12.3. The molecule has 1 aliphatic heterocycles. The summed E-state index contributed by atoms with van der Waals surface area (Å²) in [5.74, 6) is -1.47. The Bertz CT molecular complexity index is 1420. The summed E-state index contributed by atoms with van der Waals surface area (Å²) < 4.78 is 26.7. The van der Waals surface area contributed by atoms with E-state index in [0.29, 0.717) is 18.6 Å². The minimum Gasteiger partial charge on any atom is -0.493 e. The quantitative estimate of drug-likeness (QED) is 0.287. The lowest BCUT2D eigenvalue weighted by Crippen LogP contribution is -2.50. The van der Waals surface area contributed by atoms with Gasteiger partial charge < -0.3 is 25.1 Å². The highest BCUT2D eigenvalue weighted by Crippen LogP contribution is 2.23. The summed E-state index contributed by atoms with van der Waals surface area (Å²) in [6.07, 6.45) is 3.55. The summed E-state index contributed by atoms with van der Waals surface area (Å²) in [4.78, 5) is 41.6. The molecular formula is C29H31FN4O5. The second-order valence-corrected chi connectivity index (χ2v) is 9.24. The smallest absolute Gasteiger partial charge is 0.278 e. The Hall–Kier alpha value is -4.60. The standard InChI is InChI=1S/C29H31FN4O5/c1-4-5-13-38-24-14-22(30)12-11-21(24)15-31-28(36)23-16-34-25(29(37)33(18-32-34)19(2)3)27(26(23)35)39-17-20-9-7-6-8-10-20/h4,6-12,14,16,19,32H,1,5,13,15,17-18H2,2-3H3,(H,31,36). The molecule has 1 aliphatic rings. The molecule has 2 aromatic carbocycles. The molecule has 2 amide bonds. The van der Waals surface area contributed by atoms with Crippen LogP contribution in [-0.2, 0) is 13.2 Å². The van der Waals surface area contributed by atoms with Crippen molar-refractivity contribution in [2.45, 2.75) is 39.5 Å². The number of carbonyl (C=O) groups is 2. The van der Waals surface area contributed by atoms with Crippen molar-refractivity contribution >= 4 is 11.8 Å². The van der Waals surface area contributed by atoms with Gasteiger partial charge in [-0.1, -0.05) is 42.5 Å². The number of rotatable bonds is 11. The largest absolute Gasteiger partial charge is 0.493 e. The van der Waals surface area contributed by atoms with Crippen molar-refractivity contribution in [3.05, 3.63) is 106 Å². The van der Waals surface area contributed by atoms with Crippen LogP contribution >= 0.6 is 0 Å². The third kappa shape index (κ3) is 6.28. The van der Waals surface area contributed by atoms with E-state index < -0.39 is 17.2 Å². The Morgan fingerprint density at radius 1 is 1.18 bits per heavy atom. The average Bonchev–Trinajstić information content (AvgIpc) is 2.92. The number of nitrogens with one attached hydrogen (secondary N) is 2. The lowest BCUT2D eigenvalue weighted by molar-refractivity contribution is 0.0666.